The summed E-state index contributed by atoms with van der Waals surface area (Å²) in [7, 11) is 1.18. The lowest BCUT2D eigenvalue weighted by Gasteiger charge is -1.95. The summed E-state index contributed by atoms with van der Waals surface area (Å²) in [5, 5.41) is 5.50. The summed E-state index contributed by atoms with van der Waals surface area (Å²) >= 11 is -2.25. The van der Waals surface area contributed by atoms with Crippen LogP contribution in [-0.2, 0) is 15.8 Å². The Morgan fingerprint density at radius 1 is 1.83 bits per heavy atom. The van der Waals surface area contributed by atoms with Gasteiger partial charge < -0.3 is 9.29 Å². The number of carbonyl (C=O) groups is 1. The molecule has 0 spiro atoms. The molecular formula is C5H6N2O4S. The minimum Gasteiger partial charge on any atom is -0.465 e. The van der Waals surface area contributed by atoms with Gasteiger partial charge in [-0.05, 0) is 0 Å². The zero-order valence-corrected chi connectivity index (χ0v) is 6.92. The molecule has 6 nitrogen and oxygen atoms in total. The highest BCUT2D eigenvalue weighted by Gasteiger charge is 2.17. The van der Waals surface area contributed by atoms with Crippen molar-refractivity contribution in [3.63, 3.8) is 0 Å². The smallest absolute Gasteiger partial charge is 0.342 e. The SMILES string of the molecule is COC(=O)c1cn[nH]c1S(=O)O. The molecule has 0 aromatic carbocycles. The van der Waals surface area contributed by atoms with E-state index in [1.165, 1.54) is 7.11 Å². The van der Waals surface area contributed by atoms with E-state index in [0.29, 0.717) is 0 Å². The van der Waals surface area contributed by atoms with Crippen LogP contribution >= 0.6 is 0 Å². The highest BCUT2D eigenvalue weighted by molar-refractivity contribution is 7.79. The molecule has 0 saturated carbocycles. The Bertz CT molecular complexity index is 321. The Hall–Kier alpha value is -1.21. The van der Waals surface area contributed by atoms with Gasteiger partial charge in [0.25, 0.3) is 0 Å². The van der Waals surface area contributed by atoms with Crippen molar-refractivity contribution < 1.29 is 18.3 Å². The number of carbonyl (C=O) groups excluding carboxylic acids is 1. The van der Waals surface area contributed by atoms with Crippen LogP contribution < -0.4 is 0 Å². The van der Waals surface area contributed by atoms with Crippen molar-refractivity contribution in [2.75, 3.05) is 7.11 Å². The minimum atomic E-state index is -2.25. The molecule has 1 atom stereocenters. The van der Waals surface area contributed by atoms with Crippen molar-refractivity contribution in [3.8, 4) is 0 Å². The lowest BCUT2D eigenvalue weighted by Crippen LogP contribution is -2.04. The molecule has 0 aliphatic heterocycles. The minimum absolute atomic E-state index is 0.0293. The van der Waals surface area contributed by atoms with Gasteiger partial charge in [0.05, 0.1) is 13.3 Å². The molecule has 0 radical (unpaired) electrons. The topological polar surface area (TPSA) is 92.3 Å². The van der Waals surface area contributed by atoms with Crippen LogP contribution in [-0.4, -0.2) is 32.0 Å². The molecule has 0 aliphatic rings. The van der Waals surface area contributed by atoms with E-state index in [-0.39, 0.29) is 10.6 Å². The van der Waals surface area contributed by atoms with Crippen molar-refractivity contribution in [3.05, 3.63) is 11.8 Å². The average molecular weight is 190 g/mol. The Labute approximate surface area is 70.2 Å². The molecule has 7 heteroatoms. The zero-order chi connectivity index (χ0) is 9.14. The number of nitrogens with zero attached hydrogens (tertiary/aromatic N) is 1. The third-order valence-corrected chi connectivity index (χ3v) is 1.84. The van der Waals surface area contributed by atoms with Crippen LogP contribution in [0.2, 0.25) is 0 Å². The van der Waals surface area contributed by atoms with Gasteiger partial charge in [-0.25, -0.2) is 9.00 Å². The molecule has 0 bridgehead atoms. The van der Waals surface area contributed by atoms with E-state index in [0.717, 1.165) is 6.20 Å². The van der Waals surface area contributed by atoms with Crippen LogP contribution in [0, 0.1) is 0 Å². The van der Waals surface area contributed by atoms with Crippen LogP contribution in [0.4, 0.5) is 0 Å². The van der Waals surface area contributed by atoms with E-state index in [9.17, 15) is 9.00 Å². The number of hydrogen-bond acceptors (Lipinski definition) is 4. The molecule has 12 heavy (non-hydrogen) atoms. The van der Waals surface area contributed by atoms with Crippen LogP contribution in [0.5, 0.6) is 0 Å². The summed E-state index contributed by atoms with van der Waals surface area (Å²) in [5.41, 5.74) is -0.0293. The van der Waals surface area contributed by atoms with Gasteiger partial charge in [0, 0.05) is 0 Å². The van der Waals surface area contributed by atoms with Gasteiger partial charge in [0.2, 0.25) is 11.1 Å². The first-order valence-corrected chi connectivity index (χ1v) is 4.00. The fourth-order valence-electron chi connectivity index (χ4n) is 0.663. The van der Waals surface area contributed by atoms with Crippen molar-refractivity contribution in [1.82, 2.24) is 10.2 Å². The van der Waals surface area contributed by atoms with Crippen molar-refractivity contribution in [1.29, 1.82) is 0 Å². The van der Waals surface area contributed by atoms with Crippen LogP contribution in [0.1, 0.15) is 10.4 Å². The average Bonchev–Trinajstić information content (AvgIpc) is 2.50. The predicted molar refractivity (Wildman–Crippen MR) is 39.0 cm³/mol. The van der Waals surface area contributed by atoms with E-state index in [2.05, 4.69) is 14.9 Å². The van der Waals surface area contributed by atoms with Crippen molar-refractivity contribution in [2.24, 2.45) is 0 Å². The molecule has 2 N–H and O–H groups in total. The molecule has 1 aromatic heterocycles. The van der Waals surface area contributed by atoms with Crippen LogP contribution in [0.3, 0.4) is 0 Å². The third-order valence-electron chi connectivity index (χ3n) is 1.18. The van der Waals surface area contributed by atoms with Crippen molar-refractivity contribution >= 4 is 17.0 Å². The van der Waals surface area contributed by atoms with Gasteiger partial charge in [-0.3, -0.25) is 5.10 Å². The van der Waals surface area contributed by atoms with Crippen LogP contribution in [0.25, 0.3) is 0 Å². The second-order valence-corrected chi connectivity index (χ2v) is 2.76. The Morgan fingerprint density at radius 2 is 2.50 bits per heavy atom. The van der Waals surface area contributed by atoms with Gasteiger partial charge in [-0.2, -0.15) is 5.10 Å². The number of aromatic nitrogens is 2. The number of rotatable bonds is 2. The summed E-state index contributed by atoms with van der Waals surface area (Å²) in [6, 6.07) is 0. The molecule has 1 aromatic rings. The number of aromatic amines is 1. The van der Waals surface area contributed by atoms with Gasteiger partial charge in [-0.15, -0.1) is 0 Å². The third kappa shape index (κ3) is 1.51. The maximum atomic E-state index is 10.9. The summed E-state index contributed by atoms with van der Waals surface area (Å²) < 4.78 is 23.5. The first-order valence-electron chi connectivity index (χ1n) is 2.89. The fourth-order valence-corrected chi connectivity index (χ4v) is 1.12. The largest absolute Gasteiger partial charge is 0.465 e. The molecular weight excluding hydrogens is 184 g/mol. The molecule has 66 valence electrons. The molecule has 1 rings (SSSR count). The van der Waals surface area contributed by atoms with E-state index >= 15 is 0 Å². The predicted octanol–water partition coefficient (Wildman–Crippen LogP) is -0.223. The molecule has 0 fully saturated rings. The molecule has 0 saturated heterocycles. The highest BCUT2D eigenvalue weighted by atomic mass is 32.2. The lowest BCUT2D eigenvalue weighted by atomic mass is 10.4. The monoisotopic (exact) mass is 190 g/mol. The maximum Gasteiger partial charge on any atom is 0.342 e. The quantitative estimate of drug-likeness (QED) is 0.496. The number of esters is 1. The van der Waals surface area contributed by atoms with E-state index < -0.39 is 17.0 Å². The Balaban J connectivity index is 3.07. The number of ether oxygens (including phenoxy) is 1. The van der Waals surface area contributed by atoms with Gasteiger partial charge in [-0.1, -0.05) is 0 Å². The number of nitrogens with one attached hydrogen (secondary N) is 1. The lowest BCUT2D eigenvalue weighted by molar-refractivity contribution is 0.0596. The molecule has 0 amide bonds. The second kappa shape index (κ2) is 3.46. The molecule has 1 unspecified atom stereocenters. The van der Waals surface area contributed by atoms with Gasteiger partial charge in [0.15, 0.2) is 5.03 Å². The normalized spacial score (nSPS) is 12.5. The highest BCUT2D eigenvalue weighted by Crippen LogP contribution is 2.08. The van der Waals surface area contributed by atoms with Gasteiger partial charge in [0.1, 0.15) is 5.56 Å². The second-order valence-electron chi connectivity index (χ2n) is 1.85. The molecule has 1 heterocycles. The fraction of sp³-hybridized carbons (Fsp3) is 0.200. The number of hydrogen-bond donors (Lipinski definition) is 2. The first kappa shape index (κ1) is 8.88. The van der Waals surface area contributed by atoms with Crippen molar-refractivity contribution in [2.45, 2.75) is 5.03 Å². The van der Waals surface area contributed by atoms with E-state index in [1.54, 1.807) is 0 Å². The van der Waals surface area contributed by atoms with E-state index in [4.69, 9.17) is 4.55 Å². The Kier molecular flexibility index (Phi) is 2.56. The summed E-state index contributed by atoms with van der Waals surface area (Å²) in [4.78, 5) is 10.9. The van der Waals surface area contributed by atoms with Crippen LogP contribution in [0.15, 0.2) is 11.2 Å². The summed E-state index contributed by atoms with van der Waals surface area (Å²) in [5.74, 6) is -0.693. The first-order chi connectivity index (χ1) is 5.66. The maximum absolute atomic E-state index is 10.9. The van der Waals surface area contributed by atoms with E-state index in [1.807, 2.05) is 0 Å². The molecule has 0 aliphatic carbocycles. The number of H-pyrrole nitrogens is 1. The standard InChI is InChI=1S/C5H6N2O4S/c1-11-5(8)3-2-6-7-4(3)12(9)10/h2H,1H3,(H,6,7)(H,9,10). The zero-order valence-electron chi connectivity index (χ0n) is 6.10. The number of methoxy groups -OCH3 is 1. The Morgan fingerprint density at radius 3 is 3.00 bits per heavy atom. The summed E-state index contributed by atoms with van der Waals surface area (Å²) in [6.07, 6.45) is 1.13. The summed E-state index contributed by atoms with van der Waals surface area (Å²) in [6.45, 7) is 0. The van der Waals surface area contributed by atoms with Gasteiger partial charge >= 0.3 is 5.97 Å².